The van der Waals surface area contributed by atoms with E-state index < -0.39 is 11.9 Å². The van der Waals surface area contributed by atoms with E-state index in [0.717, 1.165) is 0 Å². The average Bonchev–Trinajstić information content (AvgIpc) is 2.27. The smallest absolute Gasteiger partial charge is 0.257 e. The minimum absolute atomic E-state index is 0.0198. The lowest BCUT2D eigenvalue weighted by molar-refractivity contribution is -0.120. The lowest BCUT2D eigenvalue weighted by Crippen LogP contribution is -2.40. The number of nitrogens with one attached hydrogen (secondary N) is 2. The molecule has 1 rings (SSSR count). The molecule has 0 fully saturated rings. The standard InChI is InChI=1S/C12H16N2O3/c1-4-10(15)8(3)14-12(17)9-6-13-7(2)5-11(9)16/h5-6,8H,4H2,1-3H3,(H,13,16)(H,14,17). The molecule has 17 heavy (non-hydrogen) atoms. The Hall–Kier alpha value is -1.91. The molecule has 1 atom stereocenters. The van der Waals surface area contributed by atoms with Gasteiger partial charge in [-0.15, -0.1) is 0 Å². The second-order valence-electron chi connectivity index (χ2n) is 3.91. The quantitative estimate of drug-likeness (QED) is 0.810. The summed E-state index contributed by atoms with van der Waals surface area (Å²) in [4.78, 5) is 37.4. The molecule has 92 valence electrons. The molecule has 5 nitrogen and oxygen atoms in total. The largest absolute Gasteiger partial charge is 0.364 e. The Morgan fingerprint density at radius 2 is 2.12 bits per heavy atom. The van der Waals surface area contributed by atoms with E-state index in [1.165, 1.54) is 12.3 Å². The molecule has 0 saturated heterocycles. The van der Waals surface area contributed by atoms with Crippen molar-refractivity contribution in [1.82, 2.24) is 10.3 Å². The van der Waals surface area contributed by atoms with E-state index in [-0.39, 0.29) is 16.8 Å². The van der Waals surface area contributed by atoms with Crippen LogP contribution in [0, 0.1) is 6.92 Å². The third kappa shape index (κ3) is 3.27. The zero-order valence-corrected chi connectivity index (χ0v) is 10.2. The fraction of sp³-hybridized carbons (Fsp3) is 0.417. The second-order valence-corrected chi connectivity index (χ2v) is 3.91. The number of ketones is 1. The summed E-state index contributed by atoms with van der Waals surface area (Å²) in [5.74, 6) is -0.595. The van der Waals surface area contributed by atoms with Crippen LogP contribution in [-0.4, -0.2) is 22.7 Å². The van der Waals surface area contributed by atoms with Crippen molar-refractivity contribution in [1.29, 1.82) is 0 Å². The fourth-order valence-electron chi connectivity index (χ4n) is 1.41. The van der Waals surface area contributed by atoms with E-state index in [4.69, 9.17) is 0 Å². The Balaban J connectivity index is 2.84. The predicted molar refractivity (Wildman–Crippen MR) is 64.0 cm³/mol. The summed E-state index contributed by atoms with van der Waals surface area (Å²) in [5, 5.41) is 2.50. The van der Waals surface area contributed by atoms with Crippen molar-refractivity contribution in [2.45, 2.75) is 33.2 Å². The van der Waals surface area contributed by atoms with Gasteiger partial charge in [0.25, 0.3) is 5.91 Å². The molecule has 1 amide bonds. The summed E-state index contributed by atoms with van der Waals surface area (Å²) in [6.45, 7) is 5.06. The Bertz CT molecular complexity index is 491. The number of Topliss-reactive ketones (excluding diaryl/α,β-unsaturated/α-hetero) is 1. The fourth-order valence-corrected chi connectivity index (χ4v) is 1.41. The summed E-state index contributed by atoms with van der Waals surface area (Å²) in [5.41, 5.74) is 0.352. The van der Waals surface area contributed by atoms with Crippen LogP contribution in [0.5, 0.6) is 0 Å². The Labute approximate surface area is 99.2 Å². The maximum Gasteiger partial charge on any atom is 0.257 e. The van der Waals surface area contributed by atoms with Crippen LogP contribution in [0.25, 0.3) is 0 Å². The number of pyridine rings is 1. The summed E-state index contributed by atoms with van der Waals surface area (Å²) in [7, 11) is 0. The van der Waals surface area contributed by atoms with Gasteiger partial charge in [0.2, 0.25) is 0 Å². The number of carbonyl (C=O) groups excluding carboxylic acids is 2. The van der Waals surface area contributed by atoms with Gasteiger partial charge in [0.1, 0.15) is 5.56 Å². The van der Waals surface area contributed by atoms with E-state index in [9.17, 15) is 14.4 Å². The highest BCUT2D eigenvalue weighted by atomic mass is 16.2. The van der Waals surface area contributed by atoms with Crippen molar-refractivity contribution in [2.24, 2.45) is 0 Å². The maximum absolute atomic E-state index is 11.7. The number of aromatic nitrogens is 1. The highest BCUT2D eigenvalue weighted by Gasteiger charge is 2.16. The number of hydrogen-bond acceptors (Lipinski definition) is 3. The molecule has 5 heteroatoms. The molecule has 0 aliphatic rings. The summed E-state index contributed by atoms with van der Waals surface area (Å²) in [6, 6.07) is 0.773. The molecule has 0 aromatic carbocycles. The third-order valence-electron chi connectivity index (χ3n) is 2.48. The van der Waals surface area contributed by atoms with Crippen molar-refractivity contribution in [2.75, 3.05) is 0 Å². The zero-order valence-electron chi connectivity index (χ0n) is 10.2. The van der Waals surface area contributed by atoms with Crippen molar-refractivity contribution in [3.05, 3.63) is 33.7 Å². The first kappa shape index (κ1) is 13.2. The zero-order chi connectivity index (χ0) is 13.0. The number of aryl methyl sites for hydroxylation is 1. The van der Waals surface area contributed by atoms with Crippen LogP contribution in [0.15, 0.2) is 17.1 Å². The van der Waals surface area contributed by atoms with Crippen LogP contribution < -0.4 is 10.7 Å². The average molecular weight is 236 g/mol. The highest BCUT2D eigenvalue weighted by Crippen LogP contribution is 1.95. The Morgan fingerprint density at radius 3 is 2.65 bits per heavy atom. The van der Waals surface area contributed by atoms with E-state index in [0.29, 0.717) is 12.1 Å². The number of hydrogen-bond donors (Lipinski definition) is 2. The van der Waals surface area contributed by atoms with Crippen LogP contribution in [0.4, 0.5) is 0 Å². The van der Waals surface area contributed by atoms with Gasteiger partial charge in [-0.3, -0.25) is 14.4 Å². The van der Waals surface area contributed by atoms with Gasteiger partial charge in [-0.25, -0.2) is 0 Å². The van der Waals surface area contributed by atoms with Crippen LogP contribution in [0.2, 0.25) is 0 Å². The topological polar surface area (TPSA) is 79.0 Å². The van der Waals surface area contributed by atoms with E-state index in [1.807, 2.05) is 0 Å². The second kappa shape index (κ2) is 5.43. The molecule has 0 bridgehead atoms. The Kier molecular flexibility index (Phi) is 4.20. The number of amides is 1. The van der Waals surface area contributed by atoms with Crippen LogP contribution >= 0.6 is 0 Å². The highest BCUT2D eigenvalue weighted by molar-refractivity contribution is 5.97. The van der Waals surface area contributed by atoms with Crippen molar-refractivity contribution in [3.8, 4) is 0 Å². The molecule has 1 unspecified atom stereocenters. The van der Waals surface area contributed by atoms with E-state index in [1.54, 1.807) is 20.8 Å². The number of aromatic amines is 1. The van der Waals surface area contributed by atoms with Crippen LogP contribution in [-0.2, 0) is 4.79 Å². The van der Waals surface area contributed by atoms with Gasteiger partial charge in [-0.2, -0.15) is 0 Å². The Morgan fingerprint density at radius 1 is 1.47 bits per heavy atom. The third-order valence-corrected chi connectivity index (χ3v) is 2.48. The molecular weight excluding hydrogens is 220 g/mol. The molecule has 0 saturated carbocycles. The van der Waals surface area contributed by atoms with Gasteiger partial charge in [-0.1, -0.05) is 6.92 Å². The van der Waals surface area contributed by atoms with Gasteiger partial charge < -0.3 is 10.3 Å². The monoisotopic (exact) mass is 236 g/mol. The van der Waals surface area contributed by atoms with Gasteiger partial charge in [0.05, 0.1) is 6.04 Å². The molecule has 1 aromatic heterocycles. The molecule has 0 aliphatic heterocycles. The van der Waals surface area contributed by atoms with Gasteiger partial charge in [0.15, 0.2) is 11.2 Å². The van der Waals surface area contributed by atoms with Crippen molar-refractivity contribution in [3.63, 3.8) is 0 Å². The number of carbonyl (C=O) groups is 2. The first-order chi connectivity index (χ1) is 7.95. The van der Waals surface area contributed by atoms with Crippen LogP contribution in [0.3, 0.4) is 0 Å². The molecule has 0 aliphatic carbocycles. The summed E-state index contributed by atoms with van der Waals surface area (Å²) >= 11 is 0. The lowest BCUT2D eigenvalue weighted by Gasteiger charge is -2.11. The van der Waals surface area contributed by atoms with E-state index in [2.05, 4.69) is 10.3 Å². The molecule has 1 heterocycles. The van der Waals surface area contributed by atoms with Gasteiger partial charge in [0, 0.05) is 24.4 Å². The van der Waals surface area contributed by atoms with Crippen LogP contribution in [0.1, 0.15) is 36.3 Å². The van der Waals surface area contributed by atoms with Crippen molar-refractivity contribution < 1.29 is 9.59 Å². The minimum atomic E-state index is -0.576. The molecule has 0 spiro atoms. The molecular formula is C12H16N2O3. The summed E-state index contributed by atoms with van der Waals surface area (Å²) < 4.78 is 0. The first-order valence-corrected chi connectivity index (χ1v) is 5.48. The van der Waals surface area contributed by atoms with Gasteiger partial charge in [-0.05, 0) is 13.8 Å². The number of H-pyrrole nitrogens is 1. The molecule has 1 aromatic rings. The van der Waals surface area contributed by atoms with E-state index >= 15 is 0 Å². The first-order valence-electron chi connectivity index (χ1n) is 5.48. The van der Waals surface area contributed by atoms with Gasteiger partial charge >= 0.3 is 0 Å². The maximum atomic E-state index is 11.7. The molecule has 2 N–H and O–H groups in total. The number of rotatable bonds is 4. The summed E-state index contributed by atoms with van der Waals surface area (Å²) in [6.07, 6.45) is 1.71. The predicted octanol–water partition coefficient (Wildman–Crippen LogP) is 0.781. The lowest BCUT2D eigenvalue weighted by atomic mass is 10.1. The van der Waals surface area contributed by atoms with Crippen molar-refractivity contribution >= 4 is 11.7 Å². The normalized spacial score (nSPS) is 11.9. The SMILES string of the molecule is CCC(=O)C(C)NC(=O)c1c[nH]c(C)cc1=O. The minimum Gasteiger partial charge on any atom is -0.364 e. The molecule has 0 radical (unpaired) electrons.